The first-order chi connectivity index (χ1) is 13.2. The zero-order chi connectivity index (χ0) is 19.1. The lowest BCUT2D eigenvalue weighted by molar-refractivity contribution is -0.127. The average molecular weight is 370 g/mol. The number of hydrogen-bond acceptors (Lipinski definition) is 5. The van der Waals surface area contributed by atoms with Crippen molar-refractivity contribution in [3.8, 4) is 0 Å². The predicted octanol–water partition coefficient (Wildman–Crippen LogP) is 1.80. The second kappa shape index (κ2) is 9.16. The minimum atomic E-state index is -0.582. The van der Waals surface area contributed by atoms with Gasteiger partial charge in [0.2, 0.25) is 11.8 Å². The zero-order valence-electron chi connectivity index (χ0n) is 15.6. The quantitative estimate of drug-likeness (QED) is 0.739. The Kier molecular flexibility index (Phi) is 6.40. The summed E-state index contributed by atoms with van der Waals surface area (Å²) in [6.07, 6.45) is 6.60. The van der Waals surface area contributed by atoms with Gasteiger partial charge < -0.3 is 15.5 Å². The topological polar surface area (TPSA) is 92.1 Å². The summed E-state index contributed by atoms with van der Waals surface area (Å²) in [5.74, 6) is -0.470. The standard InChI is InChI=1S/C19H26N6O2/c1-2-6-17(23-18(26)12-25-14-20-13-21-25)19(27)22-15-7-5-8-16(11-15)24-9-3-4-10-24/h5,7-8,11,13-14,17H,2-4,6,9-10,12H2,1H3,(H,22,27)(H,23,26). The van der Waals surface area contributed by atoms with Crippen LogP contribution in [-0.4, -0.2) is 45.7 Å². The molecule has 3 rings (SSSR count). The van der Waals surface area contributed by atoms with Crippen molar-refractivity contribution >= 4 is 23.2 Å². The lowest BCUT2D eigenvalue weighted by Gasteiger charge is -2.20. The Hall–Kier alpha value is -2.90. The largest absolute Gasteiger partial charge is 0.371 e. The molecule has 27 heavy (non-hydrogen) atoms. The molecule has 0 bridgehead atoms. The molecule has 0 radical (unpaired) electrons. The van der Waals surface area contributed by atoms with Crippen LogP contribution >= 0.6 is 0 Å². The number of carbonyl (C=O) groups is 2. The van der Waals surface area contributed by atoms with Gasteiger partial charge in [-0.1, -0.05) is 19.4 Å². The summed E-state index contributed by atoms with van der Waals surface area (Å²) in [7, 11) is 0. The summed E-state index contributed by atoms with van der Waals surface area (Å²) < 4.78 is 1.43. The number of hydrogen-bond donors (Lipinski definition) is 2. The maximum absolute atomic E-state index is 12.7. The molecule has 2 heterocycles. The molecule has 1 aromatic heterocycles. The number of rotatable bonds is 8. The monoisotopic (exact) mass is 370 g/mol. The van der Waals surface area contributed by atoms with E-state index in [9.17, 15) is 9.59 Å². The van der Waals surface area contributed by atoms with E-state index in [1.807, 2.05) is 25.1 Å². The van der Waals surface area contributed by atoms with Crippen molar-refractivity contribution in [1.82, 2.24) is 20.1 Å². The molecule has 144 valence electrons. The Morgan fingerprint density at radius 3 is 2.78 bits per heavy atom. The summed E-state index contributed by atoms with van der Waals surface area (Å²) in [6, 6.07) is 7.29. The van der Waals surface area contributed by atoms with Crippen molar-refractivity contribution in [1.29, 1.82) is 0 Å². The number of aromatic nitrogens is 3. The minimum absolute atomic E-state index is 0.0396. The SMILES string of the molecule is CCCC(NC(=O)Cn1cncn1)C(=O)Nc1cccc(N2CCCC2)c1. The molecule has 1 saturated heterocycles. The highest BCUT2D eigenvalue weighted by atomic mass is 16.2. The third-order valence-electron chi connectivity index (χ3n) is 4.59. The Morgan fingerprint density at radius 1 is 1.26 bits per heavy atom. The predicted molar refractivity (Wildman–Crippen MR) is 103 cm³/mol. The van der Waals surface area contributed by atoms with E-state index in [0.29, 0.717) is 6.42 Å². The highest BCUT2D eigenvalue weighted by Gasteiger charge is 2.21. The van der Waals surface area contributed by atoms with Gasteiger partial charge in [-0.15, -0.1) is 0 Å². The highest BCUT2D eigenvalue weighted by molar-refractivity contribution is 5.97. The van der Waals surface area contributed by atoms with E-state index in [-0.39, 0.29) is 18.4 Å². The molecule has 1 aliphatic rings. The lowest BCUT2D eigenvalue weighted by Crippen LogP contribution is -2.45. The summed E-state index contributed by atoms with van der Waals surface area (Å²) in [5, 5.41) is 9.64. The molecule has 2 amide bonds. The summed E-state index contributed by atoms with van der Waals surface area (Å²) in [6.45, 7) is 4.12. The molecule has 0 aliphatic carbocycles. The molecule has 0 spiro atoms. The average Bonchev–Trinajstić information content (AvgIpc) is 3.35. The van der Waals surface area contributed by atoms with E-state index in [2.05, 4.69) is 31.7 Å². The van der Waals surface area contributed by atoms with Gasteiger partial charge in [0.05, 0.1) is 0 Å². The van der Waals surface area contributed by atoms with Crippen LogP contribution in [0, 0.1) is 0 Å². The van der Waals surface area contributed by atoms with Gasteiger partial charge in [0.1, 0.15) is 25.2 Å². The first-order valence-electron chi connectivity index (χ1n) is 9.43. The summed E-state index contributed by atoms with van der Waals surface area (Å²) >= 11 is 0. The fraction of sp³-hybridized carbons (Fsp3) is 0.474. The Balaban J connectivity index is 1.60. The molecule has 2 aromatic rings. The van der Waals surface area contributed by atoms with Crippen molar-refractivity contribution in [2.75, 3.05) is 23.3 Å². The molecule has 1 fully saturated rings. The smallest absolute Gasteiger partial charge is 0.246 e. The van der Waals surface area contributed by atoms with Crippen LogP contribution < -0.4 is 15.5 Å². The molecule has 1 aromatic carbocycles. The summed E-state index contributed by atoms with van der Waals surface area (Å²) in [4.78, 5) is 31.0. The fourth-order valence-electron chi connectivity index (χ4n) is 3.24. The van der Waals surface area contributed by atoms with Gasteiger partial charge in [-0.25, -0.2) is 9.67 Å². The van der Waals surface area contributed by atoms with Crippen molar-refractivity contribution < 1.29 is 9.59 Å². The van der Waals surface area contributed by atoms with Crippen LogP contribution in [0.1, 0.15) is 32.6 Å². The van der Waals surface area contributed by atoms with Crippen LogP contribution in [-0.2, 0) is 16.1 Å². The van der Waals surface area contributed by atoms with Crippen molar-refractivity contribution in [3.63, 3.8) is 0 Å². The van der Waals surface area contributed by atoms with Crippen molar-refractivity contribution in [3.05, 3.63) is 36.9 Å². The minimum Gasteiger partial charge on any atom is -0.371 e. The van der Waals surface area contributed by atoms with E-state index in [1.54, 1.807) is 0 Å². The molecule has 1 aliphatic heterocycles. The number of amides is 2. The molecule has 1 atom stereocenters. The van der Waals surface area contributed by atoms with Crippen molar-refractivity contribution in [2.24, 2.45) is 0 Å². The van der Waals surface area contributed by atoms with Crippen LogP contribution in [0.4, 0.5) is 11.4 Å². The molecular formula is C19H26N6O2. The van der Waals surface area contributed by atoms with E-state index in [4.69, 9.17) is 0 Å². The molecule has 8 heteroatoms. The van der Waals surface area contributed by atoms with E-state index < -0.39 is 6.04 Å². The molecule has 2 N–H and O–H groups in total. The van der Waals surface area contributed by atoms with Gasteiger partial charge in [0.15, 0.2) is 0 Å². The normalized spacial score (nSPS) is 14.8. The van der Waals surface area contributed by atoms with Gasteiger partial charge >= 0.3 is 0 Å². The number of nitrogens with one attached hydrogen (secondary N) is 2. The first kappa shape index (κ1) is 18.9. The molecule has 1 unspecified atom stereocenters. The lowest BCUT2D eigenvalue weighted by atomic mass is 10.1. The Bertz CT molecular complexity index is 755. The van der Waals surface area contributed by atoms with Gasteiger partial charge in [-0.3, -0.25) is 9.59 Å². The third-order valence-corrected chi connectivity index (χ3v) is 4.59. The van der Waals surface area contributed by atoms with E-state index in [1.165, 1.54) is 30.2 Å². The number of nitrogens with zero attached hydrogens (tertiary/aromatic N) is 4. The second-order valence-corrected chi connectivity index (χ2v) is 6.74. The van der Waals surface area contributed by atoms with Gasteiger partial charge in [-0.2, -0.15) is 5.10 Å². The zero-order valence-corrected chi connectivity index (χ0v) is 15.6. The van der Waals surface area contributed by atoms with Crippen LogP contribution in [0.2, 0.25) is 0 Å². The van der Waals surface area contributed by atoms with Crippen LogP contribution in [0.5, 0.6) is 0 Å². The number of carbonyl (C=O) groups excluding carboxylic acids is 2. The third kappa shape index (κ3) is 5.29. The Labute approximate surface area is 159 Å². The fourth-order valence-corrected chi connectivity index (χ4v) is 3.24. The maximum atomic E-state index is 12.7. The first-order valence-corrected chi connectivity index (χ1v) is 9.43. The number of benzene rings is 1. The summed E-state index contributed by atoms with van der Waals surface area (Å²) in [5.41, 5.74) is 1.86. The molecule has 8 nitrogen and oxygen atoms in total. The van der Waals surface area contributed by atoms with Gasteiger partial charge in [-0.05, 0) is 37.5 Å². The number of anilines is 2. The van der Waals surface area contributed by atoms with Crippen LogP contribution in [0.25, 0.3) is 0 Å². The van der Waals surface area contributed by atoms with Crippen LogP contribution in [0.3, 0.4) is 0 Å². The van der Waals surface area contributed by atoms with Gasteiger partial charge in [0, 0.05) is 24.5 Å². The van der Waals surface area contributed by atoms with Gasteiger partial charge in [0.25, 0.3) is 0 Å². The molecule has 0 saturated carbocycles. The van der Waals surface area contributed by atoms with Crippen molar-refractivity contribution in [2.45, 2.75) is 45.2 Å². The molecular weight excluding hydrogens is 344 g/mol. The van der Waals surface area contributed by atoms with E-state index >= 15 is 0 Å². The Morgan fingerprint density at radius 2 is 2.07 bits per heavy atom. The second-order valence-electron chi connectivity index (χ2n) is 6.74. The van der Waals surface area contributed by atoms with Crippen LogP contribution in [0.15, 0.2) is 36.9 Å². The maximum Gasteiger partial charge on any atom is 0.246 e. The highest BCUT2D eigenvalue weighted by Crippen LogP contribution is 2.23. The van der Waals surface area contributed by atoms with E-state index in [0.717, 1.165) is 30.9 Å².